The van der Waals surface area contributed by atoms with E-state index < -0.39 is 0 Å². The van der Waals surface area contributed by atoms with Crippen molar-refractivity contribution in [1.29, 1.82) is 0 Å². The second-order valence-electron chi connectivity index (χ2n) is 5.69. The van der Waals surface area contributed by atoms with Crippen molar-refractivity contribution in [1.82, 2.24) is 19.9 Å². The minimum atomic E-state index is 0.0866. The van der Waals surface area contributed by atoms with Crippen molar-refractivity contribution in [3.8, 4) is 0 Å². The lowest BCUT2D eigenvalue weighted by molar-refractivity contribution is -0.131. The molecule has 1 fully saturated rings. The van der Waals surface area contributed by atoms with Crippen LogP contribution in [0, 0.1) is 20.8 Å². The lowest BCUT2D eigenvalue weighted by Crippen LogP contribution is -2.32. The second kappa shape index (κ2) is 6.12. The normalized spacial score (nSPS) is 18.0. The fourth-order valence-corrected chi connectivity index (χ4v) is 3.94. The zero-order valence-electron chi connectivity index (χ0n) is 13.2. The Morgan fingerprint density at radius 1 is 1.36 bits per heavy atom. The summed E-state index contributed by atoms with van der Waals surface area (Å²) in [7, 11) is 0. The summed E-state index contributed by atoms with van der Waals surface area (Å²) in [5.41, 5.74) is 1.93. The quantitative estimate of drug-likeness (QED) is 0.873. The number of aryl methyl sites for hydroxylation is 3. The minimum absolute atomic E-state index is 0.0866. The zero-order valence-corrected chi connectivity index (χ0v) is 14.0. The number of aromatic nitrogens is 3. The van der Waals surface area contributed by atoms with Gasteiger partial charge in [-0.2, -0.15) is 0 Å². The first-order valence-electron chi connectivity index (χ1n) is 7.56. The molecule has 0 spiro atoms. The third-order valence-electron chi connectivity index (χ3n) is 4.02. The highest BCUT2D eigenvalue weighted by molar-refractivity contribution is 7.11. The number of carbonyl (C=O) groups is 1. The molecule has 1 aliphatic heterocycles. The number of likely N-dealkylation sites (tertiary alicyclic amines) is 1. The largest absolute Gasteiger partial charge is 0.334 e. The fourth-order valence-electron chi connectivity index (χ4n) is 3.01. The van der Waals surface area contributed by atoms with Gasteiger partial charge < -0.3 is 4.90 Å². The molecule has 1 atom stereocenters. The van der Waals surface area contributed by atoms with Crippen LogP contribution < -0.4 is 0 Å². The van der Waals surface area contributed by atoms with Crippen LogP contribution in [0.25, 0.3) is 0 Å². The molecule has 2 aromatic rings. The van der Waals surface area contributed by atoms with Crippen molar-refractivity contribution in [2.75, 3.05) is 6.54 Å². The molecule has 6 heteroatoms. The van der Waals surface area contributed by atoms with Gasteiger partial charge in [-0.05, 0) is 39.7 Å². The number of carbonyl (C=O) groups excluding carboxylic acids is 1. The van der Waals surface area contributed by atoms with Gasteiger partial charge in [-0.15, -0.1) is 11.3 Å². The van der Waals surface area contributed by atoms with Crippen LogP contribution in [0.5, 0.6) is 0 Å². The number of nitrogens with zero attached hydrogens (tertiary/aromatic N) is 4. The average Bonchev–Trinajstić information content (AvgIpc) is 3.06. The number of amides is 1. The molecule has 5 nitrogen and oxygen atoms in total. The molecule has 1 unspecified atom stereocenters. The Morgan fingerprint density at radius 3 is 2.86 bits per heavy atom. The smallest absolute Gasteiger partial charge is 0.228 e. The molecule has 0 N–H and O–H groups in total. The van der Waals surface area contributed by atoms with E-state index in [1.54, 1.807) is 17.5 Å². The van der Waals surface area contributed by atoms with E-state index in [-0.39, 0.29) is 11.9 Å². The SMILES string of the molecule is Cc1nccc(C2CCCN2C(=O)Cc2sc(C)nc2C)n1. The van der Waals surface area contributed by atoms with Gasteiger partial charge in [0, 0.05) is 17.6 Å². The molecule has 0 aliphatic carbocycles. The maximum absolute atomic E-state index is 12.7. The summed E-state index contributed by atoms with van der Waals surface area (Å²) in [6, 6.07) is 2.01. The predicted octanol–water partition coefficient (Wildman–Crippen LogP) is 2.76. The summed E-state index contributed by atoms with van der Waals surface area (Å²) in [5.74, 6) is 0.927. The van der Waals surface area contributed by atoms with Crippen LogP contribution in [-0.4, -0.2) is 32.3 Å². The van der Waals surface area contributed by atoms with Crippen molar-refractivity contribution < 1.29 is 4.79 Å². The topological polar surface area (TPSA) is 59.0 Å². The van der Waals surface area contributed by atoms with Gasteiger partial charge in [0.25, 0.3) is 0 Å². The molecule has 0 radical (unpaired) electrons. The third kappa shape index (κ3) is 3.02. The Kier molecular flexibility index (Phi) is 4.20. The Labute approximate surface area is 134 Å². The van der Waals surface area contributed by atoms with Gasteiger partial charge in [0.2, 0.25) is 5.91 Å². The second-order valence-corrected chi connectivity index (χ2v) is 6.98. The number of hydrogen-bond donors (Lipinski definition) is 0. The van der Waals surface area contributed by atoms with Crippen LogP contribution >= 0.6 is 11.3 Å². The van der Waals surface area contributed by atoms with Crippen LogP contribution in [0.3, 0.4) is 0 Å². The number of thiazole rings is 1. The van der Waals surface area contributed by atoms with Gasteiger partial charge in [-0.3, -0.25) is 4.79 Å². The van der Waals surface area contributed by atoms with E-state index in [9.17, 15) is 4.79 Å². The molecule has 1 saturated heterocycles. The van der Waals surface area contributed by atoms with Crippen LogP contribution in [-0.2, 0) is 11.2 Å². The highest BCUT2D eigenvalue weighted by Gasteiger charge is 2.31. The third-order valence-corrected chi connectivity index (χ3v) is 5.10. The Bertz CT molecular complexity index is 697. The predicted molar refractivity (Wildman–Crippen MR) is 85.7 cm³/mol. The van der Waals surface area contributed by atoms with E-state index in [1.165, 1.54) is 0 Å². The van der Waals surface area contributed by atoms with Gasteiger partial charge in [0.05, 0.1) is 28.9 Å². The highest BCUT2D eigenvalue weighted by Crippen LogP contribution is 2.31. The van der Waals surface area contributed by atoms with E-state index in [2.05, 4.69) is 15.0 Å². The summed E-state index contributed by atoms with van der Waals surface area (Å²) in [6.07, 6.45) is 4.22. The molecule has 22 heavy (non-hydrogen) atoms. The molecule has 1 amide bonds. The zero-order chi connectivity index (χ0) is 15.7. The Hall–Kier alpha value is -1.82. The molecule has 2 aromatic heterocycles. The highest BCUT2D eigenvalue weighted by atomic mass is 32.1. The molecule has 1 aliphatic rings. The van der Waals surface area contributed by atoms with Gasteiger partial charge >= 0.3 is 0 Å². The van der Waals surface area contributed by atoms with Crippen molar-refractivity contribution in [3.63, 3.8) is 0 Å². The van der Waals surface area contributed by atoms with E-state index in [0.717, 1.165) is 46.5 Å². The molecule has 0 aromatic carbocycles. The van der Waals surface area contributed by atoms with Crippen molar-refractivity contribution in [3.05, 3.63) is 39.4 Å². The maximum Gasteiger partial charge on any atom is 0.228 e. The van der Waals surface area contributed by atoms with Crippen molar-refractivity contribution in [2.24, 2.45) is 0 Å². The van der Waals surface area contributed by atoms with E-state index in [0.29, 0.717) is 6.42 Å². The molecule has 3 heterocycles. The monoisotopic (exact) mass is 316 g/mol. The van der Waals surface area contributed by atoms with Gasteiger partial charge in [0.1, 0.15) is 5.82 Å². The van der Waals surface area contributed by atoms with Crippen molar-refractivity contribution >= 4 is 17.2 Å². The summed E-state index contributed by atoms with van der Waals surface area (Å²) in [5, 5.41) is 1.02. The van der Waals surface area contributed by atoms with Gasteiger partial charge in [-0.25, -0.2) is 15.0 Å². The van der Waals surface area contributed by atoms with Crippen molar-refractivity contribution in [2.45, 2.75) is 46.1 Å². The molecule has 0 saturated carbocycles. The van der Waals surface area contributed by atoms with Gasteiger partial charge in [-0.1, -0.05) is 0 Å². The van der Waals surface area contributed by atoms with E-state index in [1.807, 2.05) is 31.7 Å². The lowest BCUT2D eigenvalue weighted by Gasteiger charge is -2.24. The fraction of sp³-hybridized carbons (Fsp3) is 0.500. The Balaban J connectivity index is 1.78. The molecular formula is C16H20N4OS. The number of hydrogen-bond acceptors (Lipinski definition) is 5. The molecule has 3 rings (SSSR count). The summed E-state index contributed by atoms with van der Waals surface area (Å²) in [4.78, 5) is 28.8. The summed E-state index contributed by atoms with van der Waals surface area (Å²) in [6.45, 7) is 6.65. The first-order chi connectivity index (χ1) is 10.5. The Morgan fingerprint density at radius 2 is 2.18 bits per heavy atom. The van der Waals surface area contributed by atoms with Crippen LogP contribution in [0.15, 0.2) is 12.3 Å². The molecule has 116 valence electrons. The maximum atomic E-state index is 12.7. The standard InChI is InChI=1S/C16H20N4OS/c1-10-15(22-12(3)18-10)9-16(21)20-8-4-5-14(20)13-6-7-17-11(2)19-13/h6-7,14H,4-5,8-9H2,1-3H3. The summed E-state index contributed by atoms with van der Waals surface area (Å²) >= 11 is 1.62. The van der Waals surface area contributed by atoms with Crippen LogP contribution in [0.1, 0.15) is 46.0 Å². The average molecular weight is 316 g/mol. The number of rotatable bonds is 3. The van der Waals surface area contributed by atoms with Gasteiger partial charge in [0.15, 0.2) is 0 Å². The van der Waals surface area contributed by atoms with E-state index in [4.69, 9.17) is 0 Å². The summed E-state index contributed by atoms with van der Waals surface area (Å²) < 4.78 is 0. The van der Waals surface area contributed by atoms with E-state index >= 15 is 0 Å². The molecule has 0 bridgehead atoms. The molecular weight excluding hydrogens is 296 g/mol. The first-order valence-corrected chi connectivity index (χ1v) is 8.38. The first kappa shape index (κ1) is 15.1. The van der Waals surface area contributed by atoms with Crippen LogP contribution in [0.4, 0.5) is 0 Å². The van der Waals surface area contributed by atoms with Crippen LogP contribution in [0.2, 0.25) is 0 Å². The lowest BCUT2D eigenvalue weighted by atomic mass is 10.1. The minimum Gasteiger partial charge on any atom is -0.334 e.